The molecule has 1 aromatic heterocycles. The fourth-order valence-electron chi connectivity index (χ4n) is 2.09. The monoisotopic (exact) mass is 260 g/mol. The molecule has 2 aromatic rings. The molecule has 3 heteroatoms. The molecule has 0 aliphatic rings. The van der Waals surface area contributed by atoms with E-state index in [1.807, 2.05) is 6.07 Å². The Hall–Kier alpha value is -1.51. The number of hydrogen-bond acceptors (Lipinski definition) is 3. The third-order valence-electron chi connectivity index (χ3n) is 3.26. The highest BCUT2D eigenvalue weighted by Crippen LogP contribution is 2.23. The van der Waals surface area contributed by atoms with Crippen molar-refractivity contribution < 1.29 is 4.42 Å². The zero-order valence-electron chi connectivity index (χ0n) is 12.2. The summed E-state index contributed by atoms with van der Waals surface area (Å²) in [6.45, 7) is 7.45. The van der Waals surface area contributed by atoms with Crippen LogP contribution in [-0.4, -0.2) is 11.5 Å². The minimum atomic E-state index is 0.331. The maximum atomic E-state index is 5.70. The maximum Gasteiger partial charge on any atom is 0.198 e. The highest BCUT2D eigenvalue weighted by atomic mass is 16.3. The zero-order chi connectivity index (χ0) is 13.7. The molecule has 1 N–H and O–H groups in total. The molecule has 0 aliphatic carbocycles. The summed E-state index contributed by atoms with van der Waals surface area (Å²) in [5.74, 6) is 1.15. The number of oxazole rings is 1. The lowest BCUT2D eigenvalue weighted by molar-refractivity contribution is 0.501. The summed E-state index contributed by atoms with van der Waals surface area (Å²) in [4.78, 5) is 4.52. The van der Waals surface area contributed by atoms with Crippen molar-refractivity contribution in [2.75, 3.05) is 11.9 Å². The van der Waals surface area contributed by atoms with Crippen molar-refractivity contribution in [3.05, 3.63) is 24.1 Å². The predicted octanol–water partition coefficient (Wildman–Crippen LogP) is 4.94. The molecule has 0 bridgehead atoms. The Labute approximate surface area is 115 Å². The minimum Gasteiger partial charge on any atom is -0.440 e. The van der Waals surface area contributed by atoms with Crippen LogP contribution < -0.4 is 5.32 Å². The summed E-state index contributed by atoms with van der Waals surface area (Å²) < 4.78 is 5.70. The van der Waals surface area contributed by atoms with Crippen LogP contribution in [0.5, 0.6) is 0 Å². The van der Waals surface area contributed by atoms with Gasteiger partial charge in [0.25, 0.3) is 0 Å². The molecule has 0 amide bonds. The first-order chi connectivity index (χ1) is 9.20. The number of fused-ring (bicyclic) bond motifs is 1. The third-order valence-corrected chi connectivity index (χ3v) is 3.26. The average molecular weight is 260 g/mol. The Morgan fingerprint density at radius 3 is 2.79 bits per heavy atom. The van der Waals surface area contributed by atoms with Gasteiger partial charge in [-0.3, -0.25) is 0 Å². The van der Waals surface area contributed by atoms with Gasteiger partial charge in [-0.2, -0.15) is 0 Å². The molecule has 0 unspecified atom stereocenters. The molecular weight excluding hydrogens is 236 g/mol. The predicted molar refractivity (Wildman–Crippen MR) is 80.7 cm³/mol. The molecule has 0 radical (unpaired) electrons. The van der Waals surface area contributed by atoms with Crippen LogP contribution in [0.4, 0.5) is 5.69 Å². The van der Waals surface area contributed by atoms with Crippen molar-refractivity contribution in [1.82, 2.24) is 4.98 Å². The standard InChI is InChI=1S/C16H24N2O/c1-4-5-6-7-10-17-13-8-9-15-14(11-13)18-16(19-15)12(2)3/h8-9,11-12,17H,4-7,10H2,1-3H3. The first-order valence-corrected chi connectivity index (χ1v) is 7.35. The first-order valence-electron chi connectivity index (χ1n) is 7.35. The van der Waals surface area contributed by atoms with E-state index in [1.165, 1.54) is 25.7 Å². The number of unbranched alkanes of at least 4 members (excludes halogenated alkanes) is 3. The van der Waals surface area contributed by atoms with Crippen LogP contribution in [0, 0.1) is 0 Å². The summed E-state index contributed by atoms with van der Waals surface area (Å²) in [6, 6.07) is 6.14. The van der Waals surface area contributed by atoms with Crippen LogP contribution in [-0.2, 0) is 0 Å². The second kappa shape index (κ2) is 6.60. The van der Waals surface area contributed by atoms with Crippen LogP contribution in [0.2, 0.25) is 0 Å². The summed E-state index contributed by atoms with van der Waals surface area (Å²) in [5.41, 5.74) is 2.95. The van der Waals surface area contributed by atoms with Gasteiger partial charge in [0.05, 0.1) is 0 Å². The van der Waals surface area contributed by atoms with Crippen molar-refractivity contribution in [3.8, 4) is 0 Å². The van der Waals surface area contributed by atoms with Crippen LogP contribution in [0.25, 0.3) is 11.1 Å². The van der Waals surface area contributed by atoms with Crippen molar-refractivity contribution in [2.45, 2.75) is 52.4 Å². The molecule has 2 rings (SSSR count). The van der Waals surface area contributed by atoms with Crippen molar-refractivity contribution >= 4 is 16.8 Å². The van der Waals surface area contributed by atoms with Gasteiger partial charge in [0.1, 0.15) is 5.52 Å². The molecule has 104 valence electrons. The van der Waals surface area contributed by atoms with Gasteiger partial charge in [-0.05, 0) is 24.6 Å². The molecule has 0 aliphatic heterocycles. The lowest BCUT2D eigenvalue weighted by Gasteiger charge is -2.05. The van der Waals surface area contributed by atoms with Crippen molar-refractivity contribution in [2.24, 2.45) is 0 Å². The van der Waals surface area contributed by atoms with Gasteiger partial charge >= 0.3 is 0 Å². The Morgan fingerprint density at radius 2 is 2.05 bits per heavy atom. The van der Waals surface area contributed by atoms with E-state index in [4.69, 9.17) is 4.42 Å². The van der Waals surface area contributed by atoms with Gasteiger partial charge < -0.3 is 9.73 Å². The molecule has 0 fully saturated rings. The fraction of sp³-hybridized carbons (Fsp3) is 0.562. The van der Waals surface area contributed by atoms with Gasteiger partial charge in [0.2, 0.25) is 0 Å². The van der Waals surface area contributed by atoms with Crippen LogP contribution in [0.15, 0.2) is 22.6 Å². The summed E-state index contributed by atoms with van der Waals surface area (Å²) >= 11 is 0. The number of nitrogens with zero attached hydrogens (tertiary/aromatic N) is 1. The molecule has 0 saturated carbocycles. The van der Waals surface area contributed by atoms with E-state index in [1.54, 1.807) is 0 Å². The van der Waals surface area contributed by atoms with E-state index >= 15 is 0 Å². The van der Waals surface area contributed by atoms with E-state index in [9.17, 15) is 0 Å². The Kier molecular flexibility index (Phi) is 4.83. The Bertz CT molecular complexity index is 516. The molecule has 0 spiro atoms. The second-order valence-corrected chi connectivity index (χ2v) is 5.38. The van der Waals surface area contributed by atoms with Gasteiger partial charge in [-0.25, -0.2) is 4.98 Å². The molecule has 0 saturated heterocycles. The topological polar surface area (TPSA) is 38.1 Å². The van der Waals surface area contributed by atoms with Crippen molar-refractivity contribution in [1.29, 1.82) is 0 Å². The lowest BCUT2D eigenvalue weighted by atomic mass is 10.2. The second-order valence-electron chi connectivity index (χ2n) is 5.38. The third kappa shape index (κ3) is 3.72. The number of aromatic nitrogens is 1. The number of hydrogen-bond donors (Lipinski definition) is 1. The first kappa shape index (κ1) is 13.9. The maximum absolute atomic E-state index is 5.70. The fourth-order valence-corrected chi connectivity index (χ4v) is 2.09. The highest BCUT2D eigenvalue weighted by Gasteiger charge is 2.09. The van der Waals surface area contributed by atoms with E-state index in [0.717, 1.165) is 29.2 Å². The number of rotatable bonds is 7. The Morgan fingerprint density at radius 1 is 1.21 bits per heavy atom. The number of nitrogens with one attached hydrogen (secondary N) is 1. The van der Waals surface area contributed by atoms with Crippen LogP contribution >= 0.6 is 0 Å². The largest absolute Gasteiger partial charge is 0.440 e. The normalized spacial score (nSPS) is 11.4. The molecule has 3 nitrogen and oxygen atoms in total. The number of anilines is 1. The van der Waals surface area contributed by atoms with Crippen LogP contribution in [0.1, 0.15) is 58.3 Å². The van der Waals surface area contributed by atoms with Crippen LogP contribution in [0.3, 0.4) is 0 Å². The zero-order valence-corrected chi connectivity index (χ0v) is 12.2. The number of benzene rings is 1. The summed E-state index contributed by atoms with van der Waals surface area (Å²) in [5, 5.41) is 3.45. The lowest BCUT2D eigenvalue weighted by Crippen LogP contribution is -2.00. The molecule has 19 heavy (non-hydrogen) atoms. The summed E-state index contributed by atoms with van der Waals surface area (Å²) in [7, 11) is 0. The quantitative estimate of drug-likeness (QED) is 0.716. The van der Waals surface area contributed by atoms with E-state index in [2.05, 4.69) is 43.2 Å². The minimum absolute atomic E-state index is 0.331. The SMILES string of the molecule is CCCCCCNc1ccc2oc(C(C)C)nc2c1. The Balaban J connectivity index is 1.97. The van der Waals surface area contributed by atoms with Crippen molar-refractivity contribution in [3.63, 3.8) is 0 Å². The van der Waals surface area contributed by atoms with Gasteiger partial charge in [0, 0.05) is 18.2 Å². The van der Waals surface area contributed by atoms with E-state index in [-0.39, 0.29) is 0 Å². The molecular formula is C16H24N2O. The molecule has 0 atom stereocenters. The average Bonchev–Trinajstić information content (AvgIpc) is 2.82. The smallest absolute Gasteiger partial charge is 0.198 e. The molecule has 1 heterocycles. The van der Waals surface area contributed by atoms with Gasteiger partial charge in [0.15, 0.2) is 11.5 Å². The van der Waals surface area contributed by atoms with Gasteiger partial charge in [-0.1, -0.05) is 40.0 Å². The highest BCUT2D eigenvalue weighted by molar-refractivity contribution is 5.77. The summed E-state index contributed by atoms with van der Waals surface area (Å²) in [6.07, 6.45) is 5.12. The van der Waals surface area contributed by atoms with Gasteiger partial charge in [-0.15, -0.1) is 0 Å². The van der Waals surface area contributed by atoms with E-state index in [0.29, 0.717) is 5.92 Å². The van der Waals surface area contributed by atoms with E-state index < -0.39 is 0 Å². The molecule has 1 aromatic carbocycles.